The molecule has 2 heterocycles. The molecule has 3 rings (SSSR count). The van der Waals surface area contributed by atoms with Crippen LogP contribution in [0.2, 0.25) is 0 Å². The Morgan fingerprint density at radius 3 is 2.71 bits per heavy atom. The number of fused-ring (bicyclic) bond motifs is 1. The van der Waals surface area contributed by atoms with Crippen LogP contribution in [0.5, 0.6) is 0 Å². The fraction of sp³-hybridized carbons (Fsp3) is 0.429. The summed E-state index contributed by atoms with van der Waals surface area (Å²) in [7, 11) is 0. The highest BCUT2D eigenvalue weighted by molar-refractivity contribution is 6.11. The summed E-state index contributed by atoms with van der Waals surface area (Å²) >= 11 is 0. The lowest BCUT2D eigenvalue weighted by Gasteiger charge is -2.40. The molecule has 5 N–H and O–H groups in total. The van der Waals surface area contributed by atoms with Gasteiger partial charge in [-0.05, 0) is 30.5 Å². The Labute approximate surface area is 121 Å². The number of nitrogens with zero attached hydrogens (tertiary/aromatic N) is 1. The second-order valence-corrected chi connectivity index (χ2v) is 5.39. The number of amides is 2. The van der Waals surface area contributed by atoms with E-state index in [9.17, 15) is 19.8 Å². The van der Waals surface area contributed by atoms with Gasteiger partial charge in [-0.25, -0.2) is 0 Å². The number of carbonyl (C=O) groups is 2. The molecule has 2 aliphatic heterocycles. The van der Waals surface area contributed by atoms with Crippen molar-refractivity contribution in [2.24, 2.45) is 0 Å². The molecule has 1 fully saturated rings. The molecule has 1 saturated heterocycles. The summed E-state index contributed by atoms with van der Waals surface area (Å²) < 4.78 is 0. The Bertz CT molecular complexity index is 604. The monoisotopic (exact) mass is 291 g/mol. The highest BCUT2D eigenvalue weighted by Crippen LogP contribution is 2.28. The van der Waals surface area contributed by atoms with Crippen LogP contribution in [0.25, 0.3) is 0 Å². The summed E-state index contributed by atoms with van der Waals surface area (Å²) in [6, 6.07) is 4.27. The number of nitrogens with two attached hydrogens (primary N) is 1. The van der Waals surface area contributed by atoms with Crippen LogP contribution in [0.3, 0.4) is 0 Å². The van der Waals surface area contributed by atoms with Crippen molar-refractivity contribution in [1.29, 1.82) is 0 Å². The van der Waals surface area contributed by atoms with Gasteiger partial charge in [-0.1, -0.05) is 6.07 Å². The molecule has 21 heavy (non-hydrogen) atoms. The van der Waals surface area contributed by atoms with Crippen molar-refractivity contribution in [2.75, 3.05) is 5.73 Å². The van der Waals surface area contributed by atoms with Crippen LogP contribution in [0, 0.1) is 0 Å². The van der Waals surface area contributed by atoms with Gasteiger partial charge in [-0.2, -0.15) is 0 Å². The molecule has 0 aromatic heterocycles. The first-order valence-electron chi connectivity index (χ1n) is 6.85. The number of piperidine rings is 1. The SMILES string of the molecule is Nc1cccc2c1CC(=O)N(C1CCC(O)NC1O)C2=O. The molecule has 7 heteroatoms. The molecule has 7 nitrogen and oxygen atoms in total. The maximum Gasteiger partial charge on any atom is 0.261 e. The Hall–Kier alpha value is -1.96. The standard InChI is InChI=1S/C14H17N3O4/c15-9-3-1-2-7-8(9)6-12(19)17(14(7)21)10-4-5-11(18)16-13(10)20/h1-3,10-11,13,16,18,20H,4-6,15H2. The fourth-order valence-electron chi connectivity index (χ4n) is 2.97. The summed E-state index contributed by atoms with van der Waals surface area (Å²) in [5.41, 5.74) is 7.18. The highest BCUT2D eigenvalue weighted by atomic mass is 16.3. The number of carbonyl (C=O) groups excluding carboxylic acids is 2. The number of benzene rings is 1. The van der Waals surface area contributed by atoms with Crippen LogP contribution in [0.1, 0.15) is 28.8 Å². The van der Waals surface area contributed by atoms with E-state index >= 15 is 0 Å². The van der Waals surface area contributed by atoms with Crippen molar-refractivity contribution in [3.8, 4) is 0 Å². The minimum atomic E-state index is -1.13. The summed E-state index contributed by atoms with van der Waals surface area (Å²) in [5.74, 6) is -0.830. The third kappa shape index (κ3) is 2.29. The Kier molecular flexibility index (Phi) is 3.40. The Balaban J connectivity index is 1.94. The lowest BCUT2D eigenvalue weighted by Crippen LogP contribution is -2.61. The van der Waals surface area contributed by atoms with E-state index in [0.717, 1.165) is 4.90 Å². The van der Waals surface area contributed by atoms with Gasteiger partial charge in [-0.15, -0.1) is 0 Å². The normalized spacial score (nSPS) is 29.4. The lowest BCUT2D eigenvalue weighted by molar-refractivity contribution is -0.136. The van der Waals surface area contributed by atoms with E-state index in [4.69, 9.17) is 5.73 Å². The van der Waals surface area contributed by atoms with E-state index in [1.165, 1.54) is 0 Å². The molecule has 1 aromatic carbocycles. The second kappa shape index (κ2) is 5.10. The van der Waals surface area contributed by atoms with E-state index in [2.05, 4.69) is 5.32 Å². The van der Waals surface area contributed by atoms with E-state index in [0.29, 0.717) is 29.7 Å². The Morgan fingerprint density at radius 2 is 2.00 bits per heavy atom. The number of rotatable bonds is 1. The van der Waals surface area contributed by atoms with Crippen LogP contribution in [0.15, 0.2) is 18.2 Å². The largest absolute Gasteiger partial charge is 0.398 e. The van der Waals surface area contributed by atoms with Gasteiger partial charge in [0.05, 0.1) is 12.5 Å². The maximum atomic E-state index is 12.6. The van der Waals surface area contributed by atoms with Crippen molar-refractivity contribution < 1.29 is 19.8 Å². The zero-order chi connectivity index (χ0) is 15.1. The van der Waals surface area contributed by atoms with Crippen molar-refractivity contribution in [1.82, 2.24) is 10.2 Å². The molecule has 0 radical (unpaired) electrons. The zero-order valence-corrected chi connectivity index (χ0v) is 11.3. The number of nitrogens with one attached hydrogen (secondary N) is 1. The Morgan fingerprint density at radius 1 is 1.24 bits per heavy atom. The predicted molar refractivity (Wildman–Crippen MR) is 73.9 cm³/mol. The number of aliphatic hydroxyl groups excluding tert-OH is 2. The molecule has 1 aromatic rings. The van der Waals surface area contributed by atoms with E-state index in [1.54, 1.807) is 18.2 Å². The second-order valence-electron chi connectivity index (χ2n) is 5.39. The van der Waals surface area contributed by atoms with Gasteiger partial charge in [0.25, 0.3) is 5.91 Å². The number of hydrogen-bond acceptors (Lipinski definition) is 6. The molecular weight excluding hydrogens is 274 g/mol. The average Bonchev–Trinajstić information content (AvgIpc) is 2.42. The summed E-state index contributed by atoms with van der Waals surface area (Å²) in [6.45, 7) is 0. The quantitative estimate of drug-likeness (QED) is 0.397. The number of anilines is 1. The molecule has 0 spiro atoms. The molecule has 3 unspecified atom stereocenters. The van der Waals surface area contributed by atoms with Crippen LogP contribution in [-0.4, -0.2) is 45.4 Å². The van der Waals surface area contributed by atoms with Crippen LogP contribution in [-0.2, 0) is 11.2 Å². The first kappa shape index (κ1) is 14.0. The molecule has 3 atom stereocenters. The fourth-order valence-corrected chi connectivity index (χ4v) is 2.97. The lowest BCUT2D eigenvalue weighted by atomic mass is 9.93. The zero-order valence-electron chi connectivity index (χ0n) is 11.3. The maximum absolute atomic E-state index is 12.6. The molecule has 2 aliphatic rings. The minimum absolute atomic E-state index is 0.0412. The van der Waals surface area contributed by atoms with Crippen molar-refractivity contribution in [2.45, 2.75) is 37.8 Å². The summed E-state index contributed by atoms with van der Waals surface area (Å²) in [4.78, 5) is 25.9. The van der Waals surface area contributed by atoms with Crippen LogP contribution < -0.4 is 11.1 Å². The third-order valence-electron chi connectivity index (χ3n) is 4.05. The summed E-state index contributed by atoms with van der Waals surface area (Å²) in [5, 5.41) is 22.0. The van der Waals surface area contributed by atoms with Gasteiger partial charge in [0, 0.05) is 11.3 Å². The summed E-state index contributed by atoms with van der Waals surface area (Å²) in [6.07, 6.45) is -1.20. The van der Waals surface area contributed by atoms with Gasteiger partial charge in [0.1, 0.15) is 12.5 Å². The molecular formula is C14H17N3O4. The molecule has 0 aliphatic carbocycles. The number of nitrogen functional groups attached to an aromatic ring is 1. The van der Waals surface area contributed by atoms with E-state index < -0.39 is 24.4 Å². The number of hydrogen-bond donors (Lipinski definition) is 4. The van der Waals surface area contributed by atoms with E-state index in [1.807, 2.05) is 0 Å². The first-order valence-corrected chi connectivity index (χ1v) is 6.85. The highest BCUT2D eigenvalue weighted by Gasteiger charge is 2.41. The topological polar surface area (TPSA) is 116 Å². The molecule has 0 saturated carbocycles. The van der Waals surface area contributed by atoms with Gasteiger partial charge in [0.15, 0.2) is 0 Å². The van der Waals surface area contributed by atoms with Gasteiger partial charge in [0.2, 0.25) is 5.91 Å². The average molecular weight is 291 g/mol. The molecule has 0 bridgehead atoms. The van der Waals surface area contributed by atoms with Gasteiger partial charge >= 0.3 is 0 Å². The van der Waals surface area contributed by atoms with Gasteiger partial charge in [-0.3, -0.25) is 19.8 Å². The smallest absolute Gasteiger partial charge is 0.261 e. The van der Waals surface area contributed by atoms with Gasteiger partial charge < -0.3 is 15.9 Å². The van der Waals surface area contributed by atoms with Crippen LogP contribution >= 0.6 is 0 Å². The number of imide groups is 1. The van der Waals surface area contributed by atoms with Crippen LogP contribution in [0.4, 0.5) is 5.69 Å². The molecule has 2 amide bonds. The van der Waals surface area contributed by atoms with Crippen molar-refractivity contribution in [3.63, 3.8) is 0 Å². The third-order valence-corrected chi connectivity index (χ3v) is 4.05. The van der Waals surface area contributed by atoms with E-state index in [-0.39, 0.29) is 12.3 Å². The molecule has 112 valence electrons. The number of aliphatic hydroxyl groups is 2. The predicted octanol–water partition coefficient (Wildman–Crippen LogP) is -0.818. The first-order chi connectivity index (χ1) is 9.99. The van der Waals surface area contributed by atoms with Crippen molar-refractivity contribution >= 4 is 17.5 Å². The minimum Gasteiger partial charge on any atom is -0.398 e. The van der Waals surface area contributed by atoms with Crippen molar-refractivity contribution in [3.05, 3.63) is 29.3 Å².